The molecule has 1 aliphatic rings. The summed E-state index contributed by atoms with van der Waals surface area (Å²) in [6, 6.07) is 1.78. The molecule has 0 aromatic carbocycles. The van der Waals surface area contributed by atoms with Gasteiger partial charge in [-0.1, -0.05) is 15.9 Å². The third kappa shape index (κ3) is 1.85. The van der Waals surface area contributed by atoms with Crippen molar-refractivity contribution >= 4 is 21.8 Å². The van der Waals surface area contributed by atoms with E-state index in [1.807, 2.05) is 11.8 Å². The molecule has 1 aromatic heterocycles. The van der Waals surface area contributed by atoms with Crippen LogP contribution >= 0.6 is 15.9 Å². The summed E-state index contributed by atoms with van der Waals surface area (Å²) in [6.45, 7) is 3.47. The summed E-state index contributed by atoms with van der Waals surface area (Å²) in [7, 11) is 0. The van der Waals surface area contributed by atoms with Gasteiger partial charge < -0.3 is 9.32 Å². The Hall–Kier alpha value is -0.770. The van der Waals surface area contributed by atoms with E-state index in [9.17, 15) is 4.79 Å². The van der Waals surface area contributed by atoms with E-state index in [0.29, 0.717) is 10.4 Å². The second kappa shape index (κ2) is 3.77. The minimum absolute atomic E-state index is 0.0730. The van der Waals surface area contributed by atoms with Crippen LogP contribution in [0.2, 0.25) is 0 Å². The molecule has 2 rings (SSSR count). The Morgan fingerprint density at radius 3 is 3.00 bits per heavy atom. The third-order valence-corrected chi connectivity index (χ3v) is 3.14. The van der Waals surface area contributed by atoms with Crippen molar-refractivity contribution in [3.8, 4) is 0 Å². The number of hydrogen-bond donors (Lipinski definition) is 0. The van der Waals surface area contributed by atoms with Crippen LogP contribution in [0.5, 0.6) is 0 Å². The summed E-state index contributed by atoms with van der Waals surface area (Å²) < 4.78 is 5.11. The van der Waals surface area contributed by atoms with Crippen LogP contribution in [0.1, 0.15) is 22.5 Å². The zero-order chi connectivity index (χ0) is 10.1. The fourth-order valence-corrected chi connectivity index (χ4v) is 2.19. The molecule has 1 amide bonds. The van der Waals surface area contributed by atoms with E-state index in [0.717, 1.165) is 25.3 Å². The van der Waals surface area contributed by atoms with Crippen LogP contribution in [0, 0.1) is 6.92 Å². The van der Waals surface area contributed by atoms with Gasteiger partial charge in [-0.3, -0.25) is 4.79 Å². The second-order valence-corrected chi connectivity index (χ2v) is 4.88. The molecule has 1 unspecified atom stereocenters. The molecule has 1 atom stereocenters. The fourth-order valence-electron chi connectivity index (χ4n) is 1.64. The molecule has 1 aliphatic heterocycles. The number of likely N-dealkylation sites (tertiary alicyclic amines) is 1. The van der Waals surface area contributed by atoms with E-state index < -0.39 is 0 Å². The Morgan fingerprint density at radius 1 is 1.71 bits per heavy atom. The van der Waals surface area contributed by atoms with E-state index in [1.165, 1.54) is 6.26 Å². The molecule has 4 heteroatoms. The number of amides is 1. The van der Waals surface area contributed by atoms with Crippen molar-refractivity contribution in [2.45, 2.75) is 18.2 Å². The Kier molecular flexibility index (Phi) is 2.63. The summed E-state index contributed by atoms with van der Waals surface area (Å²) >= 11 is 3.51. The molecule has 1 aromatic rings. The predicted octanol–water partition coefficient (Wildman–Crippen LogP) is 2.20. The number of nitrogens with zero attached hydrogens (tertiary/aromatic N) is 1. The van der Waals surface area contributed by atoms with Crippen LogP contribution < -0.4 is 0 Å². The van der Waals surface area contributed by atoms with Gasteiger partial charge in [0.1, 0.15) is 12.0 Å². The number of alkyl halides is 1. The number of carbonyl (C=O) groups excluding carboxylic acids is 1. The van der Waals surface area contributed by atoms with E-state index in [-0.39, 0.29) is 5.91 Å². The van der Waals surface area contributed by atoms with Crippen LogP contribution in [0.3, 0.4) is 0 Å². The predicted molar refractivity (Wildman–Crippen MR) is 56.7 cm³/mol. The Balaban J connectivity index is 2.09. The fraction of sp³-hybridized carbons (Fsp3) is 0.500. The number of rotatable bonds is 1. The quantitative estimate of drug-likeness (QED) is 0.723. The molecular weight excluding hydrogens is 246 g/mol. The van der Waals surface area contributed by atoms with Crippen LogP contribution in [0.4, 0.5) is 0 Å². The van der Waals surface area contributed by atoms with Gasteiger partial charge in [-0.15, -0.1) is 0 Å². The lowest BCUT2D eigenvalue weighted by atomic mass is 10.3. The summed E-state index contributed by atoms with van der Waals surface area (Å²) in [5.74, 6) is 0.853. The first-order valence-electron chi connectivity index (χ1n) is 4.65. The number of aryl methyl sites for hydroxylation is 1. The summed E-state index contributed by atoms with van der Waals surface area (Å²) in [5.41, 5.74) is 0.657. The Bertz CT molecular complexity index is 348. The highest BCUT2D eigenvalue weighted by Crippen LogP contribution is 2.19. The first-order chi connectivity index (χ1) is 6.66. The average Bonchev–Trinajstić information content (AvgIpc) is 2.73. The number of halogens is 1. The molecular formula is C10H12BrNO2. The van der Waals surface area contributed by atoms with E-state index in [2.05, 4.69) is 15.9 Å². The van der Waals surface area contributed by atoms with Crippen LogP contribution in [0.25, 0.3) is 0 Å². The zero-order valence-corrected chi connectivity index (χ0v) is 9.58. The first-order valence-corrected chi connectivity index (χ1v) is 5.57. The lowest BCUT2D eigenvalue weighted by Crippen LogP contribution is -2.28. The normalized spacial score (nSPS) is 21.6. The molecule has 14 heavy (non-hydrogen) atoms. The van der Waals surface area contributed by atoms with E-state index in [1.54, 1.807) is 6.07 Å². The van der Waals surface area contributed by atoms with Gasteiger partial charge in [-0.2, -0.15) is 0 Å². The van der Waals surface area contributed by atoms with Crippen molar-refractivity contribution in [1.82, 2.24) is 4.90 Å². The van der Waals surface area contributed by atoms with Gasteiger partial charge in [0.15, 0.2) is 0 Å². The molecule has 1 fully saturated rings. The number of furan rings is 1. The van der Waals surface area contributed by atoms with Gasteiger partial charge >= 0.3 is 0 Å². The molecule has 76 valence electrons. The van der Waals surface area contributed by atoms with Crippen molar-refractivity contribution in [3.05, 3.63) is 23.7 Å². The standard InChI is InChI=1S/C10H12BrNO2/c1-7-4-8(6-14-7)10(13)12-3-2-9(11)5-12/h4,6,9H,2-3,5H2,1H3. The van der Waals surface area contributed by atoms with Gasteiger partial charge in [0.2, 0.25) is 0 Å². The SMILES string of the molecule is Cc1cc(C(=O)N2CCC(Br)C2)co1. The molecule has 0 spiro atoms. The first kappa shape index (κ1) is 9.77. The summed E-state index contributed by atoms with van der Waals surface area (Å²) in [6.07, 6.45) is 2.56. The van der Waals surface area contributed by atoms with E-state index in [4.69, 9.17) is 4.42 Å². The highest BCUT2D eigenvalue weighted by Gasteiger charge is 2.25. The monoisotopic (exact) mass is 257 g/mol. The maximum atomic E-state index is 11.9. The van der Waals surface area contributed by atoms with Crippen LogP contribution in [0.15, 0.2) is 16.7 Å². The van der Waals surface area contributed by atoms with Gasteiger partial charge in [0.25, 0.3) is 5.91 Å². The molecule has 3 nitrogen and oxygen atoms in total. The third-order valence-electron chi connectivity index (χ3n) is 2.40. The van der Waals surface area contributed by atoms with Crippen molar-refractivity contribution in [3.63, 3.8) is 0 Å². The minimum Gasteiger partial charge on any atom is -0.469 e. The molecule has 2 heterocycles. The van der Waals surface area contributed by atoms with Crippen molar-refractivity contribution < 1.29 is 9.21 Å². The molecule has 0 saturated carbocycles. The van der Waals surface area contributed by atoms with Gasteiger partial charge in [0, 0.05) is 17.9 Å². The number of hydrogen-bond acceptors (Lipinski definition) is 2. The second-order valence-electron chi connectivity index (χ2n) is 3.58. The Morgan fingerprint density at radius 2 is 2.50 bits per heavy atom. The highest BCUT2D eigenvalue weighted by molar-refractivity contribution is 9.09. The lowest BCUT2D eigenvalue weighted by Gasteiger charge is -2.13. The smallest absolute Gasteiger partial charge is 0.257 e. The van der Waals surface area contributed by atoms with Crippen LogP contribution in [-0.4, -0.2) is 28.7 Å². The van der Waals surface area contributed by atoms with Crippen molar-refractivity contribution in [1.29, 1.82) is 0 Å². The molecule has 0 radical (unpaired) electrons. The largest absolute Gasteiger partial charge is 0.469 e. The van der Waals surface area contributed by atoms with Crippen molar-refractivity contribution in [2.75, 3.05) is 13.1 Å². The molecule has 0 aliphatic carbocycles. The van der Waals surface area contributed by atoms with Gasteiger partial charge in [-0.05, 0) is 19.4 Å². The molecule has 0 bridgehead atoms. The average molecular weight is 258 g/mol. The minimum atomic E-state index is 0.0730. The maximum absolute atomic E-state index is 11.9. The number of carbonyl (C=O) groups is 1. The van der Waals surface area contributed by atoms with E-state index >= 15 is 0 Å². The molecule has 1 saturated heterocycles. The molecule has 0 N–H and O–H groups in total. The summed E-state index contributed by atoms with van der Waals surface area (Å²) in [5, 5.41) is 0. The topological polar surface area (TPSA) is 33.5 Å². The summed E-state index contributed by atoms with van der Waals surface area (Å²) in [4.78, 5) is 14.1. The van der Waals surface area contributed by atoms with Crippen molar-refractivity contribution in [2.24, 2.45) is 0 Å². The Labute approximate surface area is 91.2 Å². The zero-order valence-electron chi connectivity index (χ0n) is 8.00. The van der Waals surface area contributed by atoms with Gasteiger partial charge in [0.05, 0.1) is 5.56 Å². The lowest BCUT2D eigenvalue weighted by molar-refractivity contribution is 0.0793. The van der Waals surface area contributed by atoms with Gasteiger partial charge in [-0.25, -0.2) is 0 Å². The highest BCUT2D eigenvalue weighted by atomic mass is 79.9. The van der Waals surface area contributed by atoms with Crippen LogP contribution in [-0.2, 0) is 0 Å². The maximum Gasteiger partial charge on any atom is 0.257 e.